The molecule has 0 radical (unpaired) electrons. The van der Waals surface area contributed by atoms with Crippen molar-refractivity contribution < 1.29 is 4.92 Å². The Morgan fingerprint density at radius 3 is 2.85 bits per heavy atom. The second-order valence-electron chi connectivity index (χ2n) is 6.70. The Hall–Kier alpha value is -3.29. The van der Waals surface area contributed by atoms with Crippen LogP contribution in [0.3, 0.4) is 0 Å². The Morgan fingerprint density at radius 1 is 1.22 bits per heavy atom. The fourth-order valence-electron chi connectivity index (χ4n) is 3.72. The SMILES string of the molecule is CN(c1ccc([N+](=O)[O-])c2cccnc12)C1CCCN(c2cccnn2)C1. The van der Waals surface area contributed by atoms with Crippen LogP contribution in [-0.2, 0) is 0 Å². The third-order valence-corrected chi connectivity index (χ3v) is 5.13. The average molecular weight is 364 g/mol. The lowest BCUT2D eigenvalue weighted by atomic mass is 10.0. The van der Waals surface area contributed by atoms with E-state index >= 15 is 0 Å². The number of piperidine rings is 1. The molecule has 1 saturated heterocycles. The van der Waals surface area contributed by atoms with Crippen LogP contribution >= 0.6 is 0 Å². The zero-order valence-corrected chi connectivity index (χ0v) is 15.0. The fourth-order valence-corrected chi connectivity index (χ4v) is 3.72. The summed E-state index contributed by atoms with van der Waals surface area (Å²) in [6, 6.07) is 11.0. The summed E-state index contributed by atoms with van der Waals surface area (Å²) in [5.74, 6) is 0.877. The van der Waals surface area contributed by atoms with Crippen molar-refractivity contribution in [1.82, 2.24) is 15.2 Å². The average Bonchev–Trinajstić information content (AvgIpc) is 2.73. The van der Waals surface area contributed by atoms with Crippen molar-refractivity contribution >= 4 is 28.1 Å². The van der Waals surface area contributed by atoms with E-state index in [9.17, 15) is 10.1 Å². The standard InChI is InChI=1S/C19H20N6O2/c1-23(14-5-4-12-24(13-14)18-7-3-11-21-22-18)17-9-8-16(25(26)27)15-6-2-10-20-19(15)17/h2-3,6-11,14H,4-5,12-13H2,1H3. The largest absolute Gasteiger partial charge is 0.368 e. The summed E-state index contributed by atoms with van der Waals surface area (Å²) < 4.78 is 0. The predicted octanol–water partition coefficient (Wildman–Crippen LogP) is 3.04. The van der Waals surface area contributed by atoms with Gasteiger partial charge in [-0.3, -0.25) is 15.1 Å². The third kappa shape index (κ3) is 3.25. The zero-order chi connectivity index (χ0) is 18.8. The van der Waals surface area contributed by atoms with Gasteiger partial charge in [0.15, 0.2) is 5.82 Å². The molecule has 1 unspecified atom stereocenters. The highest BCUT2D eigenvalue weighted by atomic mass is 16.6. The molecule has 1 aliphatic rings. The Kier molecular flexibility index (Phi) is 4.53. The van der Waals surface area contributed by atoms with Gasteiger partial charge in [0, 0.05) is 44.6 Å². The monoisotopic (exact) mass is 364 g/mol. The maximum Gasteiger partial charge on any atom is 0.278 e. The van der Waals surface area contributed by atoms with Crippen molar-refractivity contribution in [3.63, 3.8) is 0 Å². The minimum Gasteiger partial charge on any atom is -0.368 e. The van der Waals surface area contributed by atoms with E-state index < -0.39 is 0 Å². The van der Waals surface area contributed by atoms with E-state index in [1.54, 1.807) is 36.7 Å². The number of nitro groups is 1. The van der Waals surface area contributed by atoms with Gasteiger partial charge in [-0.15, -0.1) is 5.10 Å². The highest BCUT2D eigenvalue weighted by Gasteiger charge is 2.26. The molecular weight excluding hydrogens is 344 g/mol. The Balaban J connectivity index is 1.66. The topological polar surface area (TPSA) is 88.3 Å². The van der Waals surface area contributed by atoms with E-state index in [2.05, 4.69) is 25.0 Å². The van der Waals surface area contributed by atoms with Crippen molar-refractivity contribution in [2.45, 2.75) is 18.9 Å². The summed E-state index contributed by atoms with van der Waals surface area (Å²) in [6.45, 7) is 1.77. The van der Waals surface area contributed by atoms with E-state index in [0.29, 0.717) is 10.9 Å². The number of aromatic nitrogens is 3. The first kappa shape index (κ1) is 17.1. The lowest BCUT2D eigenvalue weighted by molar-refractivity contribution is -0.383. The van der Waals surface area contributed by atoms with Gasteiger partial charge in [-0.1, -0.05) is 0 Å². The number of rotatable bonds is 4. The molecule has 3 heterocycles. The second-order valence-corrected chi connectivity index (χ2v) is 6.70. The highest BCUT2D eigenvalue weighted by Crippen LogP contribution is 2.33. The predicted molar refractivity (Wildman–Crippen MR) is 104 cm³/mol. The number of hydrogen-bond donors (Lipinski definition) is 0. The van der Waals surface area contributed by atoms with Gasteiger partial charge in [0.05, 0.1) is 16.0 Å². The van der Waals surface area contributed by atoms with Crippen molar-refractivity contribution in [2.24, 2.45) is 0 Å². The quantitative estimate of drug-likeness (QED) is 0.519. The molecule has 0 bridgehead atoms. The number of nitro benzene ring substituents is 1. The molecule has 1 fully saturated rings. The van der Waals surface area contributed by atoms with Crippen LogP contribution in [0.1, 0.15) is 12.8 Å². The Morgan fingerprint density at radius 2 is 2.07 bits per heavy atom. The maximum absolute atomic E-state index is 11.3. The Bertz CT molecular complexity index is 965. The number of non-ortho nitro benzene ring substituents is 1. The zero-order valence-electron chi connectivity index (χ0n) is 15.0. The van der Waals surface area contributed by atoms with Crippen molar-refractivity contribution in [3.05, 3.63) is 58.9 Å². The van der Waals surface area contributed by atoms with Gasteiger partial charge >= 0.3 is 0 Å². The molecule has 8 nitrogen and oxygen atoms in total. The van der Waals surface area contributed by atoms with E-state index in [1.807, 2.05) is 19.2 Å². The molecule has 1 aliphatic heterocycles. The number of hydrogen-bond acceptors (Lipinski definition) is 7. The van der Waals surface area contributed by atoms with E-state index in [-0.39, 0.29) is 16.7 Å². The fraction of sp³-hybridized carbons (Fsp3) is 0.316. The number of likely N-dealkylation sites (N-methyl/N-ethyl adjacent to an activating group) is 1. The molecule has 1 atom stereocenters. The smallest absolute Gasteiger partial charge is 0.278 e. The van der Waals surface area contributed by atoms with Crippen LogP contribution < -0.4 is 9.80 Å². The minimum absolute atomic E-state index is 0.0834. The van der Waals surface area contributed by atoms with Crippen LogP contribution in [0.2, 0.25) is 0 Å². The second kappa shape index (κ2) is 7.14. The van der Waals surface area contributed by atoms with Crippen molar-refractivity contribution in [2.75, 3.05) is 29.9 Å². The first-order chi connectivity index (χ1) is 13.1. The summed E-state index contributed by atoms with van der Waals surface area (Å²) in [5, 5.41) is 20.1. The first-order valence-corrected chi connectivity index (χ1v) is 8.93. The van der Waals surface area contributed by atoms with Crippen LogP contribution in [0, 0.1) is 10.1 Å². The highest BCUT2D eigenvalue weighted by molar-refractivity contribution is 5.97. The summed E-state index contributed by atoms with van der Waals surface area (Å²) >= 11 is 0. The minimum atomic E-state index is -0.357. The molecule has 1 aromatic carbocycles. The van der Waals surface area contributed by atoms with Gasteiger partial charge in [-0.25, -0.2) is 0 Å². The summed E-state index contributed by atoms with van der Waals surface area (Å²) in [5.41, 5.74) is 1.65. The van der Waals surface area contributed by atoms with Crippen molar-refractivity contribution in [1.29, 1.82) is 0 Å². The molecule has 0 amide bonds. The van der Waals surface area contributed by atoms with E-state index in [0.717, 1.165) is 37.4 Å². The first-order valence-electron chi connectivity index (χ1n) is 8.93. The van der Waals surface area contributed by atoms with Gasteiger partial charge < -0.3 is 9.80 Å². The normalized spacial score (nSPS) is 17.1. The van der Waals surface area contributed by atoms with Crippen LogP contribution in [0.5, 0.6) is 0 Å². The molecule has 2 aromatic heterocycles. The summed E-state index contributed by atoms with van der Waals surface area (Å²) in [7, 11) is 2.03. The molecule has 0 N–H and O–H groups in total. The lowest BCUT2D eigenvalue weighted by Gasteiger charge is -2.39. The number of anilines is 2. The lowest BCUT2D eigenvalue weighted by Crippen LogP contribution is -2.47. The van der Waals surface area contributed by atoms with E-state index in [1.165, 1.54) is 0 Å². The van der Waals surface area contributed by atoms with Gasteiger partial charge in [0.1, 0.15) is 5.52 Å². The number of pyridine rings is 1. The van der Waals surface area contributed by atoms with Crippen LogP contribution in [0.4, 0.5) is 17.2 Å². The summed E-state index contributed by atoms with van der Waals surface area (Å²) in [4.78, 5) is 19.8. The van der Waals surface area contributed by atoms with Gasteiger partial charge in [0.2, 0.25) is 0 Å². The summed E-state index contributed by atoms with van der Waals surface area (Å²) in [6.07, 6.45) is 5.43. The molecule has 138 valence electrons. The maximum atomic E-state index is 11.3. The molecular formula is C19H20N6O2. The van der Waals surface area contributed by atoms with Crippen LogP contribution in [0.25, 0.3) is 10.9 Å². The molecule has 4 rings (SSSR count). The van der Waals surface area contributed by atoms with Crippen LogP contribution in [0.15, 0.2) is 48.8 Å². The van der Waals surface area contributed by atoms with Gasteiger partial charge in [-0.05, 0) is 43.2 Å². The molecule has 0 spiro atoms. The molecule has 0 saturated carbocycles. The third-order valence-electron chi connectivity index (χ3n) is 5.13. The molecule has 3 aromatic rings. The Labute approximate surface area is 156 Å². The van der Waals surface area contributed by atoms with Gasteiger partial charge in [-0.2, -0.15) is 5.10 Å². The van der Waals surface area contributed by atoms with Crippen LogP contribution in [-0.4, -0.2) is 46.3 Å². The number of benzene rings is 1. The number of fused-ring (bicyclic) bond motifs is 1. The molecule has 27 heavy (non-hydrogen) atoms. The van der Waals surface area contributed by atoms with Gasteiger partial charge in [0.25, 0.3) is 5.69 Å². The molecule has 8 heteroatoms. The molecule has 0 aliphatic carbocycles. The number of nitrogens with zero attached hydrogens (tertiary/aromatic N) is 6. The van der Waals surface area contributed by atoms with E-state index in [4.69, 9.17) is 0 Å². The van der Waals surface area contributed by atoms with Crippen molar-refractivity contribution in [3.8, 4) is 0 Å².